The Balaban J connectivity index is 1.76. The number of nitrogens with zero attached hydrogens (tertiary/aromatic N) is 3. The Bertz CT molecular complexity index is 880. The van der Waals surface area contributed by atoms with Crippen LogP contribution in [0.4, 0.5) is 0 Å². The Labute approximate surface area is 154 Å². The molecule has 4 nitrogen and oxygen atoms in total. The van der Waals surface area contributed by atoms with E-state index in [2.05, 4.69) is 82.9 Å². The number of hydrogen-bond donors (Lipinski definition) is 1. The van der Waals surface area contributed by atoms with Gasteiger partial charge in [0, 0.05) is 23.5 Å². The molecule has 0 aliphatic carbocycles. The topological polar surface area (TPSA) is 60.8 Å². The quantitative estimate of drug-likeness (QED) is 0.313. The number of rotatable bonds is 8. The summed E-state index contributed by atoms with van der Waals surface area (Å²) in [5, 5.41) is 9.92. The third kappa shape index (κ3) is 4.63. The number of hydrogen-bond acceptors (Lipinski definition) is 2. The minimum atomic E-state index is 0.00257. The van der Waals surface area contributed by atoms with Gasteiger partial charge in [0.15, 0.2) is 0 Å². The Morgan fingerprint density at radius 2 is 1.69 bits per heavy atom. The van der Waals surface area contributed by atoms with Crippen LogP contribution in [-0.4, -0.2) is 12.6 Å². The lowest BCUT2D eigenvalue weighted by molar-refractivity contribution is 0.442. The molecule has 0 bridgehead atoms. The largest absolute Gasteiger partial charge is 0.307 e. The van der Waals surface area contributed by atoms with Gasteiger partial charge in [0.05, 0.1) is 0 Å². The highest BCUT2D eigenvalue weighted by Gasteiger charge is 2.16. The summed E-state index contributed by atoms with van der Waals surface area (Å²) in [5.41, 5.74) is 11.3. The maximum Gasteiger partial charge on any atom is 0.0454 e. The summed E-state index contributed by atoms with van der Waals surface area (Å²) in [6, 6.07) is 25.5. The van der Waals surface area contributed by atoms with Crippen LogP contribution >= 0.6 is 0 Å². The van der Waals surface area contributed by atoms with E-state index in [1.165, 1.54) is 21.9 Å². The lowest BCUT2D eigenvalue weighted by Crippen LogP contribution is -2.32. The predicted octanol–water partition coefficient (Wildman–Crippen LogP) is 5.80. The number of aryl methyl sites for hydroxylation is 1. The van der Waals surface area contributed by atoms with Gasteiger partial charge in [-0.05, 0) is 47.2 Å². The highest BCUT2D eigenvalue weighted by atomic mass is 15.1. The van der Waals surface area contributed by atoms with Crippen LogP contribution in [0.25, 0.3) is 21.2 Å². The second-order valence-corrected chi connectivity index (χ2v) is 6.63. The molecule has 0 aliphatic heterocycles. The molecular formula is C22H24N4. The minimum Gasteiger partial charge on any atom is -0.307 e. The van der Waals surface area contributed by atoms with Crippen LogP contribution in [0.2, 0.25) is 0 Å². The van der Waals surface area contributed by atoms with Crippen molar-refractivity contribution in [3.05, 3.63) is 94.4 Å². The maximum absolute atomic E-state index is 8.79. The molecule has 0 radical (unpaired) electrons. The second-order valence-electron chi connectivity index (χ2n) is 6.63. The Hall–Kier alpha value is -2.81. The molecular weight excluding hydrogens is 320 g/mol. The van der Waals surface area contributed by atoms with Gasteiger partial charge in [-0.15, -0.1) is 0 Å². The van der Waals surface area contributed by atoms with E-state index < -0.39 is 0 Å². The summed E-state index contributed by atoms with van der Waals surface area (Å²) in [7, 11) is 0. The fourth-order valence-electron chi connectivity index (χ4n) is 3.37. The van der Waals surface area contributed by atoms with Crippen LogP contribution in [0.15, 0.2) is 77.9 Å². The third-order valence-electron chi connectivity index (χ3n) is 4.72. The SMILES string of the molecule is C[C@H](CCc1ccccc1)N[C@@H](CN=[N+]=[N-])c1cccc2ccccc12. The smallest absolute Gasteiger partial charge is 0.0454 e. The monoisotopic (exact) mass is 344 g/mol. The van der Waals surface area contributed by atoms with Gasteiger partial charge in [-0.2, -0.15) is 0 Å². The van der Waals surface area contributed by atoms with Crippen LogP contribution in [0.1, 0.15) is 30.5 Å². The van der Waals surface area contributed by atoms with E-state index in [9.17, 15) is 0 Å². The molecule has 0 fully saturated rings. The third-order valence-corrected chi connectivity index (χ3v) is 4.72. The van der Waals surface area contributed by atoms with Crippen molar-refractivity contribution in [2.24, 2.45) is 5.11 Å². The van der Waals surface area contributed by atoms with E-state index in [0.717, 1.165) is 12.8 Å². The zero-order chi connectivity index (χ0) is 18.2. The van der Waals surface area contributed by atoms with E-state index in [4.69, 9.17) is 5.53 Å². The molecule has 1 N–H and O–H groups in total. The van der Waals surface area contributed by atoms with Crippen molar-refractivity contribution < 1.29 is 0 Å². The molecule has 0 aliphatic rings. The Morgan fingerprint density at radius 1 is 0.962 bits per heavy atom. The van der Waals surface area contributed by atoms with Crippen LogP contribution in [0.3, 0.4) is 0 Å². The molecule has 132 valence electrons. The summed E-state index contributed by atoms with van der Waals surface area (Å²) >= 11 is 0. The Kier molecular flexibility index (Phi) is 6.26. The van der Waals surface area contributed by atoms with Gasteiger partial charge >= 0.3 is 0 Å². The van der Waals surface area contributed by atoms with Gasteiger partial charge in [-0.25, -0.2) is 0 Å². The van der Waals surface area contributed by atoms with E-state index in [1.54, 1.807) is 0 Å². The van der Waals surface area contributed by atoms with Crippen molar-refractivity contribution in [1.82, 2.24) is 5.32 Å². The van der Waals surface area contributed by atoms with Crippen molar-refractivity contribution >= 4 is 10.8 Å². The summed E-state index contributed by atoms with van der Waals surface area (Å²) in [6.45, 7) is 2.59. The van der Waals surface area contributed by atoms with Gasteiger partial charge in [-0.3, -0.25) is 0 Å². The predicted molar refractivity (Wildman–Crippen MR) is 108 cm³/mol. The first kappa shape index (κ1) is 18.0. The first-order valence-corrected chi connectivity index (χ1v) is 9.06. The number of azide groups is 1. The first-order chi connectivity index (χ1) is 12.8. The van der Waals surface area contributed by atoms with E-state index in [1.807, 2.05) is 12.1 Å². The van der Waals surface area contributed by atoms with Crippen molar-refractivity contribution in [2.45, 2.75) is 31.8 Å². The van der Waals surface area contributed by atoms with E-state index in [0.29, 0.717) is 12.6 Å². The summed E-state index contributed by atoms with van der Waals surface area (Å²) in [5.74, 6) is 0. The Morgan fingerprint density at radius 3 is 2.50 bits per heavy atom. The molecule has 3 rings (SSSR count). The van der Waals surface area contributed by atoms with Crippen LogP contribution < -0.4 is 5.32 Å². The standard InChI is InChI=1S/C22H24N4/c1-17(14-15-18-8-3-2-4-9-18)25-22(16-24-26-23)21-13-7-11-19-10-5-6-12-20(19)21/h2-13,17,22,25H,14-16H2,1H3/t17-,22+/m1/s1. The molecule has 0 saturated heterocycles. The van der Waals surface area contributed by atoms with Crippen LogP contribution in [0, 0.1) is 0 Å². The zero-order valence-electron chi connectivity index (χ0n) is 15.0. The molecule has 0 amide bonds. The average molecular weight is 344 g/mol. The van der Waals surface area contributed by atoms with Gasteiger partial charge in [0.2, 0.25) is 0 Å². The molecule has 0 spiro atoms. The molecule has 0 unspecified atom stereocenters. The number of benzene rings is 3. The first-order valence-electron chi connectivity index (χ1n) is 9.06. The van der Waals surface area contributed by atoms with Gasteiger partial charge in [-0.1, -0.05) is 77.9 Å². The fraction of sp³-hybridized carbons (Fsp3) is 0.273. The summed E-state index contributed by atoms with van der Waals surface area (Å²) in [6.07, 6.45) is 2.06. The molecule has 0 heterocycles. The number of nitrogens with one attached hydrogen (secondary N) is 1. The second kappa shape index (κ2) is 9.04. The molecule has 26 heavy (non-hydrogen) atoms. The highest BCUT2D eigenvalue weighted by Crippen LogP contribution is 2.25. The number of fused-ring (bicyclic) bond motifs is 1. The summed E-state index contributed by atoms with van der Waals surface area (Å²) < 4.78 is 0. The van der Waals surface area contributed by atoms with Crippen LogP contribution in [0.5, 0.6) is 0 Å². The molecule has 3 aromatic carbocycles. The van der Waals surface area contributed by atoms with E-state index >= 15 is 0 Å². The van der Waals surface area contributed by atoms with Gasteiger partial charge in [0.1, 0.15) is 0 Å². The average Bonchev–Trinajstić information content (AvgIpc) is 2.70. The maximum atomic E-state index is 8.79. The van der Waals surface area contributed by atoms with E-state index in [-0.39, 0.29) is 6.04 Å². The fourth-order valence-corrected chi connectivity index (χ4v) is 3.37. The molecule has 3 aromatic rings. The summed E-state index contributed by atoms with van der Waals surface area (Å²) in [4.78, 5) is 2.97. The van der Waals surface area contributed by atoms with Crippen molar-refractivity contribution in [2.75, 3.05) is 6.54 Å². The molecule has 0 saturated carbocycles. The normalized spacial score (nSPS) is 13.1. The zero-order valence-corrected chi connectivity index (χ0v) is 15.0. The van der Waals surface area contributed by atoms with Crippen molar-refractivity contribution in [3.8, 4) is 0 Å². The van der Waals surface area contributed by atoms with Crippen molar-refractivity contribution in [1.29, 1.82) is 0 Å². The molecule has 4 heteroatoms. The van der Waals surface area contributed by atoms with Gasteiger partial charge in [0.25, 0.3) is 0 Å². The molecule has 0 aromatic heterocycles. The minimum absolute atomic E-state index is 0.00257. The lowest BCUT2D eigenvalue weighted by atomic mass is 9.97. The molecule has 2 atom stereocenters. The highest BCUT2D eigenvalue weighted by molar-refractivity contribution is 5.86. The van der Waals surface area contributed by atoms with Crippen molar-refractivity contribution in [3.63, 3.8) is 0 Å². The lowest BCUT2D eigenvalue weighted by Gasteiger charge is -2.24. The van der Waals surface area contributed by atoms with Gasteiger partial charge < -0.3 is 5.32 Å². The van der Waals surface area contributed by atoms with Crippen LogP contribution in [-0.2, 0) is 6.42 Å².